The van der Waals surface area contributed by atoms with Crippen molar-refractivity contribution >= 4 is 12.0 Å². The van der Waals surface area contributed by atoms with Crippen molar-refractivity contribution in [3.8, 4) is 0 Å². The van der Waals surface area contributed by atoms with E-state index in [2.05, 4.69) is 5.32 Å². The highest BCUT2D eigenvalue weighted by Gasteiger charge is 2.14. The highest BCUT2D eigenvalue weighted by molar-refractivity contribution is 5.70. The Hall–Kier alpha value is -1.35. The van der Waals surface area contributed by atoms with Gasteiger partial charge in [0.1, 0.15) is 11.5 Å². The van der Waals surface area contributed by atoms with Crippen LogP contribution in [0.5, 0.6) is 0 Å². The molecule has 14 heavy (non-hydrogen) atoms. The lowest BCUT2D eigenvalue weighted by Crippen LogP contribution is -2.29. The molecule has 5 heteroatoms. The first-order valence-electron chi connectivity index (χ1n) is 4.12. The minimum atomic E-state index is -0.652. The first-order valence-corrected chi connectivity index (χ1v) is 4.12. The van der Waals surface area contributed by atoms with E-state index in [0.29, 0.717) is 0 Å². The van der Waals surface area contributed by atoms with Gasteiger partial charge in [-0.3, -0.25) is 9.71 Å². The summed E-state index contributed by atoms with van der Waals surface area (Å²) in [6.07, 6.45) is 0.203. The summed E-state index contributed by atoms with van der Waals surface area (Å²) < 4.78 is 15.1. The SMILES string of the molecule is CC(C)(C)OC(=O)NC=C=O.CCF. The number of carbonyl (C=O) groups excluding carboxylic acids is 2. The second kappa shape index (κ2) is 8.26. The van der Waals surface area contributed by atoms with Gasteiger partial charge >= 0.3 is 6.09 Å². The second-order valence-corrected chi connectivity index (χ2v) is 3.18. The van der Waals surface area contributed by atoms with Gasteiger partial charge in [-0.05, 0) is 27.7 Å². The van der Waals surface area contributed by atoms with Gasteiger partial charge < -0.3 is 4.74 Å². The van der Waals surface area contributed by atoms with E-state index >= 15 is 0 Å². The lowest BCUT2D eigenvalue weighted by atomic mass is 10.2. The summed E-state index contributed by atoms with van der Waals surface area (Å²) in [6.45, 7) is 6.41. The maximum Gasteiger partial charge on any atom is 0.412 e. The van der Waals surface area contributed by atoms with Crippen LogP contribution in [0.1, 0.15) is 27.7 Å². The van der Waals surface area contributed by atoms with Gasteiger partial charge in [-0.1, -0.05) is 0 Å². The topological polar surface area (TPSA) is 55.4 Å². The van der Waals surface area contributed by atoms with Crippen molar-refractivity contribution in [2.24, 2.45) is 0 Å². The fraction of sp³-hybridized carbons (Fsp3) is 0.667. The smallest absolute Gasteiger partial charge is 0.412 e. The third-order valence-corrected chi connectivity index (χ3v) is 0.648. The molecule has 0 aromatic rings. The van der Waals surface area contributed by atoms with Crippen LogP contribution >= 0.6 is 0 Å². The molecule has 0 fully saturated rings. The number of carbonyl (C=O) groups is 1. The minimum absolute atomic E-state index is 0.250. The number of amides is 1. The van der Waals surface area contributed by atoms with Gasteiger partial charge in [0.15, 0.2) is 0 Å². The molecular formula is C9H16FNO3. The summed E-state index contributed by atoms with van der Waals surface area (Å²) in [5.74, 6) is 1.40. The van der Waals surface area contributed by atoms with E-state index in [1.807, 2.05) is 0 Å². The molecule has 0 heterocycles. The van der Waals surface area contributed by atoms with E-state index in [-0.39, 0.29) is 6.67 Å². The molecule has 0 aromatic carbocycles. The van der Waals surface area contributed by atoms with E-state index in [1.54, 1.807) is 20.8 Å². The Morgan fingerprint density at radius 2 is 2.00 bits per heavy atom. The van der Waals surface area contributed by atoms with Gasteiger partial charge in [0.25, 0.3) is 0 Å². The number of hydrogen-bond acceptors (Lipinski definition) is 3. The van der Waals surface area contributed by atoms with Crippen molar-refractivity contribution in [1.29, 1.82) is 0 Å². The number of halogens is 1. The number of rotatable bonds is 1. The zero-order valence-corrected chi connectivity index (χ0v) is 8.89. The highest BCUT2D eigenvalue weighted by Crippen LogP contribution is 2.05. The average Bonchev–Trinajstić information content (AvgIpc) is 1.99. The van der Waals surface area contributed by atoms with Gasteiger partial charge in [0, 0.05) is 0 Å². The van der Waals surface area contributed by atoms with E-state index in [4.69, 9.17) is 4.74 Å². The quantitative estimate of drug-likeness (QED) is 0.664. The van der Waals surface area contributed by atoms with Crippen molar-refractivity contribution < 1.29 is 18.7 Å². The van der Waals surface area contributed by atoms with Crippen molar-refractivity contribution in [3.63, 3.8) is 0 Å². The molecule has 0 atom stereocenters. The van der Waals surface area contributed by atoms with E-state index < -0.39 is 11.7 Å². The number of nitrogens with one attached hydrogen (secondary N) is 1. The molecule has 0 aliphatic carbocycles. The van der Waals surface area contributed by atoms with E-state index in [1.165, 1.54) is 12.9 Å². The van der Waals surface area contributed by atoms with Crippen LogP contribution in [0.4, 0.5) is 9.18 Å². The Bertz CT molecular complexity index is 205. The monoisotopic (exact) mass is 205 g/mol. The van der Waals surface area contributed by atoms with Gasteiger partial charge in [-0.25, -0.2) is 9.59 Å². The normalized spacial score (nSPS) is 8.93. The van der Waals surface area contributed by atoms with Crippen molar-refractivity contribution in [1.82, 2.24) is 5.32 Å². The molecule has 0 unspecified atom stereocenters. The molecule has 0 saturated carbocycles. The Labute approximate surface area is 83.1 Å². The van der Waals surface area contributed by atoms with Crippen LogP contribution in [0, 0.1) is 0 Å². The molecule has 82 valence electrons. The predicted octanol–water partition coefficient (Wildman–Crippen LogP) is 1.83. The molecule has 4 nitrogen and oxygen atoms in total. The van der Waals surface area contributed by atoms with Crippen LogP contribution in [0.15, 0.2) is 6.20 Å². The van der Waals surface area contributed by atoms with E-state index in [9.17, 15) is 14.0 Å². The molecule has 0 aliphatic heterocycles. The lowest BCUT2D eigenvalue weighted by molar-refractivity contribution is 0.0553. The van der Waals surface area contributed by atoms with Crippen molar-refractivity contribution in [3.05, 3.63) is 6.20 Å². The number of hydrogen-bond donors (Lipinski definition) is 1. The molecule has 0 aromatic heterocycles. The summed E-state index contributed by atoms with van der Waals surface area (Å²) in [6, 6.07) is 0. The fourth-order valence-corrected chi connectivity index (χ4v) is 0.396. The number of alkyl carbamates (subject to hydrolysis) is 1. The van der Waals surface area contributed by atoms with Crippen LogP contribution in [0.3, 0.4) is 0 Å². The van der Waals surface area contributed by atoms with Crippen LogP contribution in [-0.2, 0) is 9.53 Å². The maximum atomic E-state index is 10.7. The summed E-state index contributed by atoms with van der Waals surface area (Å²) in [5.41, 5.74) is -0.541. The average molecular weight is 205 g/mol. The Kier molecular flexibility index (Phi) is 8.93. The zero-order chi connectivity index (χ0) is 11.6. The zero-order valence-electron chi connectivity index (χ0n) is 8.89. The minimum Gasteiger partial charge on any atom is -0.444 e. The molecular weight excluding hydrogens is 189 g/mol. The molecule has 0 aliphatic rings. The van der Waals surface area contributed by atoms with Gasteiger partial charge in [-0.15, -0.1) is 0 Å². The summed E-state index contributed by atoms with van der Waals surface area (Å²) in [4.78, 5) is 20.3. The van der Waals surface area contributed by atoms with Gasteiger partial charge in [-0.2, -0.15) is 0 Å². The molecule has 0 spiro atoms. The molecule has 1 N–H and O–H groups in total. The fourth-order valence-electron chi connectivity index (χ4n) is 0.396. The van der Waals surface area contributed by atoms with Crippen LogP contribution in [-0.4, -0.2) is 24.3 Å². The van der Waals surface area contributed by atoms with Crippen LogP contribution in [0.2, 0.25) is 0 Å². The summed E-state index contributed by atoms with van der Waals surface area (Å²) in [5, 5.41) is 2.08. The number of alkyl halides is 1. The second-order valence-electron chi connectivity index (χ2n) is 3.18. The van der Waals surface area contributed by atoms with E-state index in [0.717, 1.165) is 6.20 Å². The Morgan fingerprint density at radius 3 is 2.29 bits per heavy atom. The molecule has 0 rings (SSSR count). The van der Waals surface area contributed by atoms with Crippen molar-refractivity contribution in [2.75, 3.05) is 6.67 Å². The van der Waals surface area contributed by atoms with Gasteiger partial charge in [0.2, 0.25) is 0 Å². The lowest BCUT2D eigenvalue weighted by Gasteiger charge is -2.18. The summed E-state index contributed by atoms with van der Waals surface area (Å²) in [7, 11) is 0. The molecule has 0 radical (unpaired) electrons. The standard InChI is InChI=1S/C7H11NO3.C2H5F/c1-7(2,3)11-6(10)8-4-5-9;1-2-3/h4H,1-3H3,(H,8,10);2H2,1H3. The Balaban J connectivity index is 0. The van der Waals surface area contributed by atoms with Crippen LogP contribution < -0.4 is 5.32 Å². The summed E-state index contributed by atoms with van der Waals surface area (Å²) >= 11 is 0. The first kappa shape index (κ1) is 15.1. The molecule has 0 bridgehead atoms. The van der Waals surface area contributed by atoms with Gasteiger partial charge in [0.05, 0.1) is 12.9 Å². The highest BCUT2D eigenvalue weighted by atomic mass is 19.1. The first-order chi connectivity index (χ1) is 6.37. The van der Waals surface area contributed by atoms with Crippen molar-refractivity contribution in [2.45, 2.75) is 33.3 Å². The third kappa shape index (κ3) is 16.9. The third-order valence-electron chi connectivity index (χ3n) is 0.648. The largest absolute Gasteiger partial charge is 0.444 e. The predicted molar refractivity (Wildman–Crippen MR) is 51.3 cm³/mol. The Morgan fingerprint density at radius 1 is 1.57 bits per heavy atom. The molecule has 0 saturated heterocycles. The maximum absolute atomic E-state index is 10.7. The number of ether oxygens (including phenoxy) is 1. The van der Waals surface area contributed by atoms with Crippen LogP contribution in [0.25, 0.3) is 0 Å². The molecule has 1 amide bonds.